The monoisotopic (exact) mass is 397 g/mol. The number of aromatic nitrogens is 2. The molecule has 4 aromatic heterocycles. The van der Waals surface area contributed by atoms with Crippen LogP contribution in [0.5, 0.6) is 0 Å². The van der Waals surface area contributed by atoms with E-state index in [0.29, 0.717) is 36.1 Å². The van der Waals surface area contributed by atoms with E-state index < -0.39 is 0 Å². The van der Waals surface area contributed by atoms with Crippen LogP contribution in [-0.4, -0.2) is 20.4 Å². The maximum Gasteiger partial charge on any atom is 0.290 e. The second-order valence-electron chi connectivity index (χ2n) is 6.20. The number of hydrogen-bond acceptors (Lipinski definition) is 6. The Balaban J connectivity index is 1.46. The van der Waals surface area contributed by atoms with Crippen molar-refractivity contribution in [2.45, 2.75) is 24.0 Å². The predicted molar refractivity (Wildman–Crippen MR) is 102 cm³/mol. The molecule has 0 N–H and O–H groups in total. The second-order valence-corrected chi connectivity index (χ2v) is 7.14. The number of imidazole rings is 1. The lowest BCUT2D eigenvalue weighted by atomic mass is 10.3. The first-order chi connectivity index (χ1) is 13.7. The quantitative estimate of drug-likeness (QED) is 0.412. The molecule has 0 unspecified atom stereocenters. The third-order valence-corrected chi connectivity index (χ3v) is 5.21. The summed E-state index contributed by atoms with van der Waals surface area (Å²) in [6.45, 7) is 0.648. The zero-order valence-corrected chi connectivity index (χ0v) is 16.1. The van der Waals surface area contributed by atoms with Crippen molar-refractivity contribution < 1.29 is 18.0 Å². The number of rotatable bonds is 8. The highest BCUT2D eigenvalue weighted by Gasteiger charge is 2.22. The SMILES string of the molecule is Cn1ccnc1SCc1ccc(C(=O)N(Cc2ccco2)Cc2ccco2)o1. The molecule has 0 bridgehead atoms. The van der Waals surface area contributed by atoms with Crippen LogP contribution in [0.2, 0.25) is 0 Å². The number of thioether (sulfide) groups is 1. The number of furan rings is 3. The summed E-state index contributed by atoms with van der Waals surface area (Å²) in [6.07, 6.45) is 6.82. The third-order valence-electron chi connectivity index (χ3n) is 4.13. The van der Waals surface area contributed by atoms with Gasteiger partial charge in [-0.05, 0) is 36.4 Å². The Morgan fingerprint density at radius 1 is 1.07 bits per heavy atom. The Hall–Kier alpha value is -3.13. The number of carbonyl (C=O) groups excluding carboxylic acids is 1. The molecule has 144 valence electrons. The van der Waals surface area contributed by atoms with Crippen LogP contribution in [0.25, 0.3) is 0 Å². The van der Waals surface area contributed by atoms with E-state index in [1.807, 2.05) is 36.0 Å². The Morgan fingerprint density at radius 2 is 1.79 bits per heavy atom. The van der Waals surface area contributed by atoms with Gasteiger partial charge in [0.2, 0.25) is 0 Å². The van der Waals surface area contributed by atoms with Crippen LogP contribution >= 0.6 is 11.8 Å². The molecule has 4 rings (SSSR count). The first-order valence-corrected chi connectivity index (χ1v) is 9.70. The predicted octanol–water partition coefficient (Wildman–Crippen LogP) is 4.33. The number of nitrogens with zero attached hydrogens (tertiary/aromatic N) is 3. The van der Waals surface area contributed by atoms with Gasteiger partial charge in [-0.15, -0.1) is 0 Å². The zero-order chi connectivity index (χ0) is 19.3. The van der Waals surface area contributed by atoms with Crippen molar-refractivity contribution in [3.05, 3.63) is 84.4 Å². The molecule has 0 fully saturated rings. The Kier molecular flexibility index (Phi) is 5.38. The number of hydrogen-bond donors (Lipinski definition) is 0. The first-order valence-electron chi connectivity index (χ1n) is 8.72. The Labute approximate surface area is 165 Å². The molecular weight excluding hydrogens is 378 g/mol. The molecule has 0 saturated heterocycles. The van der Waals surface area contributed by atoms with Gasteiger partial charge in [0.1, 0.15) is 17.3 Å². The van der Waals surface area contributed by atoms with Crippen LogP contribution in [0.1, 0.15) is 27.8 Å². The average Bonchev–Trinajstić information content (AvgIpc) is 3.48. The number of carbonyl (C=O) groups is 1. The highest BCUT2D eigenvalue weighted by Crippen LogP contribution is 2.23. The molecule has 0 aliphatic carbocycles. The molecule has 7 nitrogen and oxygen atoms in total. The minimum Gasteiger partial charge on any atom is -0.467 e. The van der Waals surface area contributed by atoms with Crippen LogP contribution in [0.3, 0.4) is 0 Å². The summed E-state index contributed by atoms with van der Waals surface area (Å²) in [5.41, 5.74) is 0. The van der Waals surface area contributed by atoms with Gasteiger partial charge < -0.3 is 22.7 Å². The van der Waals surface area contributed by atoms with E-state index in [1.165, 1.54) is 0 Å². The molecule has 0 aliphatic rings. The fraction of sp³-hybridized carbons (Fsp3) is 0.200. The summed E-state index contributed by atoms with van der Waals surface area (Å²) >= 11 is 1.55. The van der Waals surface area contributed by atoms with Crippen LogP contribution < -0.4 is 0 Å². The molecule has 0 spiro atoms. The summed E-state index contributed by atoms with van der Waals surface area (Å²) in [6, 6.07) is 10.8. The lowest BCUT2D eigenvalue weighted by Gasteiger charge is -2.19. The number of amides is 1. The largest absolute Gasteiger partial charge is 0.467 e. The fourth-order valence-corrected chi connectivity index (χ4v) is 3.56. The first kappa shape index (κ1) is 18.2. The lowest BCUT2D eigenvalue weighted by Crippen LogP contribution is -2.29. The van der Waals surface area contributed by atoms with Gasteiger partial charge in [-0.3, -0.25) is 4.79 Å². The minimum atomic E-state index is -0.221. The van der Waals surface area contributed by atoms with Gasteiger partial charge in [0, 0.05) is 19.4 Å². The van der Waals surface area contributed by atoms with Crippen molar-refractivity contribution in [2.75, 3.05) is 0 Å². The fourth-order valence-electron chi connectivity index (χ4n) is 2.73. The van der Waals surface area contributed by atoms with Gasteiger partial charge in [0.15, 0.2) is 10.9 Å². The molecule has 0 aromatic carbocycles. The Morgan fingerprint density at radius 3 is 2.36 bits per heavy atom. The van der Waals surface area contributed by atoms with E-state index in [4.69, 9.17) is 13.3 Å². The standard InChI is InChI=1S/C20H19N3O4S/c1-22-9-8-21-20(22)28-14-17-6-7-18(27-17)19(24)23(12-15-4-2-10-25-15)13-16-5-3-11-26-16/h2-11H,12-14H2,1H3. The summed E-state index contributed by atoms with van der Waals surface area (Å²) in [7, 11) is 1.94. The average molecular weight is 397 g/mol. The van der Waals surface area contributed by atoms with Crippen LogP contribution in [-0.2, 0) is 25.9 Å². The van der Waals surface area contributed by atoms with E-state index in [9.17, 15) is 4.79 Å². The maximum absolute atomic E-state index is 13.0. The van der Waals surface area contributed by atoms with E-state index >= 15 is 0 Å². The van der Waals surface area contributed by atoms with E-state index in [-0.39, 0.29) is 11.7 Å². The molecule has 0 radical (unpaired) electrons. The topological polar surface area (TPSA) is 77.5 Å². The number of aryl methyl sites for hydroxylation is 1. The maximum atomic E-state index is 13.0. The summed E-state index contributed by atoms with van der Waals surface area (Å²) in [5.74, 6) is 2.75. The van der Waals surface area contributed by atoms with Crippen molar-refractivity contribution >= 4 is 17.7 Å². The molecular formula is C20H19N3O4S. The molecule has 4 heterocycles. The minimum absolute atomic E-state index is 0.221. The normalized spacial score (nSPS) is 11.0. The molecule has 0 atom stereocenters. The molecule has 8 heteroatoms. The second kappa shape index (κ2) is 8.26. The van der Waals surface area contributed by atoms with Gasteiger partial charge in [-0.25, -0.2) is 4.98 Å². The van der Waals surface area contributed by atoms with Crippen LogP contribution in [0.4, 0.5) is 0 Å². The highest BCUT2D eigenvalue weighted by molar-refractivity contribution is 7.98. The van der Waals surface area contributed by atoms with Crippen molar-refractivity contribution in [1.29, 1.82) is 0 Å². The van der Waals surface area contributed by atoms with Gasteiger partial charge in [0.05, 0.1) is 31.4 Å². The van der Waals surface area contributed by atoms with Crippen LogP contribution in [0, 0.1) is 0 Å². The lowest BCUT2D eigenvalue weighted by molar-refractivity contribution is 0.0671. The van der Waals surface area contributed by atoms with Crippen molar-refractivity contribution in [1.82, 2.24) is 14.5 Å². The van der Waals surface area contributed by atoms with Gasteiger partial charge in [-0.2, -0.15) is 0 Å². The van der Waals surface area contributed by atoms with Crippen LogP contribution in [0.15, 0.2) is 79.7 Å². The van der Waals surface area contributed by atoms with E-state index in [0.717, 1.165) is 5.16 Å². The van der Waals surface area contributed by atoms with Crippen molar-refractivity contribution in [2.24, 2.45) is 7.05 Å². The highest BCUT2D eigenvalue weighted by atomic mass is 32.2. The molecule has 4 aromatic rings. The summed E-state index contributed by atoms with van der Waals surface area (Å²) < 4.78 is 18.5. The van der Waals surface area contributed by atoms with Crippen molar-refractivity contribution in [3.63, 3.8) is 0 Å². The summed E-state index contributed by atoms with van der Waals surface area (Å²) in [5, 5.41) is 0.890. The van der Waals surface area contributed by atoms with Crippen molar-refractivity contribution in [3.8, 4) is 0 Å². The van der Waals surface area contributed by atoms with Gasteiger partial charge in [0.25, 0.3) is 5.91 Å². The summed E-state index contributed by atoms with van der Waals surface area (Å²) in [4.78, 5) is 18.9. The molecule has 1 amide bonds. The zero-order valence-electron chi connectivity index (χ0n) is 15.3. The van der Waals surface area contributed by atoms with E-state index in [2.05, 4.69) is 4.98 Å². The Bertz CT molecular complexity index is 982. The van der Waals surface area contributed by atoms with E-state index in [1.54, 1.807) is 53.6 Å². The molecule has 28 heavy (non-hydrogen) atoms. The smallest absolute Gasteiger partial charge is 0.290 e. The molecule has 0 saturated carbocycles. The van der Waals surface area contributed by atoms with Gasteiger partial charge in [-0.1, -0.05) is 11.8 Å². The van der Waals surface area contributed by atoms with Gasteiger partial charge >= 0.3 is 0 Å². The third kappa shape index (κ3) is 4.23. The molecule has 0 aliphatic heterocycles.